The third-order valence-corrected chi connectivity index (χ3v) is 4.96. The Morgan fingerprint density at radius 3 is 2.96 bits per heavy atom. The molecule has 0 spiro atoms. The molecular weight excluding hydrogens is 310 g/mol. The highest BCUT2D eigenvalue weighted by Crippen LogP contribution is 2.26. The van der Waals surface area contributed by atoms with Gasteiger partial charge in [0.25, 0.3) is 5.91 Å². The van der Waals surface area contributed by atoms with Crippen molar-refractivity contribution in [2.45, 2.75) is 19.9 Å². The summed E-state index contributed by atoms with van der Waals surface area (Å²) in [4.78, 5) is 30.1. The number of nitrogens with one attached hydrogen (secondary N) is 2. The lowest BCUT2D eigenvalue weighted by molar-refractivity contribution is -0.124. The number of carbonyl (C=O) groups is 2. The molecule has 1 saturated heterocycles. The average Bonchev–Trinajstić information content (AvgIpc) is 3.18. The highest BCUT2D eigenvalue weighted by Gasteiger charge is 2.35. The number of benzene rings is 1. The molecule has 0 bridgehead atoms. The fraction of sp³-hybridized carbons (Fsp3) is 0.412. The summed E-state index contributed by atoms with van der Waals surface area (Å²) in [6, 6.07) is 7.33. The Balaban J connectivity index is 1.79. The molecule has 1 aromatic carbocycles. The number of thioether (sulfide) groups is 1. The highest BCUT2D eigenvalue weighted by molar-refractivity contribution is 7.99. The zero-order valence-corrected chi connectivity index (χ0v) is 14.2. The molecule has 1 aliphatic heterocycles. The van der Waals surface area contributed by atoms with Gasteiger partial charge in [-0.3, -0.25) is 9.59 Å². The topological polar surface area (TPSA) is 65.2 Å². The van der Waals surface area contributed by atoms with Crippen LogP contribution >= 0.6 is 11.8 Å². The Bertz CT molecular complexity index is 725. The molecule has 5 nitrogen and oxygen atoms in total. The molecule has 2 N–H and O–H groups in total. The molecule has 2 aromatic rings. The van der Waals surface area contributed by atoms with E-state index in [1.165, 1.54) is 0 Å². The van der Waals surface area contributed by atoms with E-state index in [1.807, 2.05) is 24.3 Å². The van der Waals surface area contributed by atoms with Crippen molar-refractivity contribution in [3.05, 3.63) is 36.0 Å². The van der Waals surface area contributed by atoms with Gasteiger partial charge in [-0.05, 0) is 12.0 Å². The van der Waals surface area contributed by atoms with Crippen molar-refractivity contribution >= 4 is 34.5 Å². The molecule has 2 amide bonds. The number of aromatic amines is 1. The zero-order chi connectivity index (χ0) is 16.4. The number of nitrogens with zero attached hydrogens (tertiary/aromatic N) is 1. The van der Waals surface area contributed by atoms with Crippen molar-refractivity contribution in [1.29, 1.82) is 0 Å². The normalized spacial score (nSPS) is 17.9. The summed E-state index contributed by atoms with van der Waals surface area (Å²) >= 11 is 1.62. The van der Waals surface area contributed by atoms with Crippen LogP contribution in [0.25, 0.3) is 10.9 Å². The first-order chi connectivity index (χ1) is 11.1. The summed E-state index contributed by atoms with van der Waals surface area (Å²) in [6.07, 6.45) is 1.74. The predicted molar refractivity (Wildman–Crippen MR) is 93.4 cm³/mol. The summed E-state index contributed by atoms with van der Waals surface area (Å²) in [5, 5.41) is 3.84. The lowest BCUT2D eigenvalue weighted by Gasteiger charge is -2.23. The van der Waals surface area contributed by atoms with E-state index >= 15 is 0 Å². The van der Waals surface area contributed by atoms with E-state index in [9.17, 15) is 9.59 Å². The average molecular weight is 331 g/mol. The summed E-state index contributed by atoms with van der Waals surface area (Å²) in [6.45, 7) is 4.74. The van der Waals surface area contributed by atoms with Gasteiger partial charge in [-0.15, -0.1) is 11.8 Å². The van der Waals surface area contributed by atoms with Gasteiger partial charge in [0, 0.05) is 29.4 Å². The van der Waals surface area contributed by atoms with E-state index in [2.05, 4.69) is 24.1 Å². The smallest absolute Gasteiger partial charge is 0.257 e. The third-order valence-electron chi connectivity index (χ3n) is 3.95. The molecule has 1 atom stereocenters. The van der Waals surface area contributed by atoms with Crippen molar-refractivity contribution in [3.8, 4) is 0 Å². The van der Waals surface area contributed by atoms with Gasteiger partial charge in [-0.1, -0.05) is 32.0 Å². The molecule has 23 heavy (non-hydrogen) atoms. The number of hydrogen-bond acceptors (Lipinski definition) is 3. The minimum absolute atomic E-state index is 0.0584. The second kappa shape index (κ2) is 6.66. The van der Waals surface area contributed by atoms with E-state index in [-0.39, 0.29) is 17.9 Å². The Labute approximate surface area is 139 Å². The highest BCUT2D eigenvalue weighted by atomic mass is 32.2. The largest absolute Gasteiger partial charge is 0.360 e. The molecule has 122 valence electrons. The number of rotatable bonds is 4. The Hall–Kier alpha value is -1.95. The minimum Gasteiger partial charge on any atom is -0.360 e. The van der Waals surface area contributed by atoms with E-state index in [0.29, 0.717) is 29.7 Å². The molecule has 6 heteroatoms. The van der Waals surface area contributed by atoms with E-state index < -0.39 is 0 Å². The number of hydrogen-bond donors (Lipinski definition) is 2. The first-order valence-electron chi connectivity index (χ1n) is 7.80. The van der Waals surface area contributed by atoms with Gasteiger partial charge in [-0.2, -0.15) is 0 Å². The van der Waals surface area contributed by atoms with Gasteiger partial charge < -0.3 is 15.2 Å². The molecule has 0 saturated carbocycles. The molecular formula is C17H21N3O2S. The molecule has 1 fully saturated rings. The van der Waals surface area contributed by atoms with Crippen LogP contribution in [0.2, 0.25) is 0 Å². The molecule has 3 rings (SSSR count). The van der Waals surface area contributed by atoms with Crippen molar-refractivity contribution in [2.24, 2.45) is 5.92 Å². The second-order valence-electron chi connectivity index (χ2n) is 6.18. The van der Waals surface area contributed by atoms with Crippen LogP contribution < -0.4 is 5.32 Å². The molecule has 0 radical (unpaired) electrons. The van der Waals surface area contributed by atoms with Gasteiger partial charge in [0.1, 0.15) is 6.04 Å². The van der Waals surface area contributed by atoms with E-state index in [0.717, 1.165) is 10.9 Å². The first-order valence-corrected chi connectivity index (χ1v) is 8.96. The maximum atomic E-state index is 12.9. The summed E-state index contributed by atoms with van der Waals surface area (Å²) in [7, 11) is 0. The van der Waals surface area contributed by atoms with Crippen LogP contribution in [0.3, 0.4) is 0 Å². The van der Waals surface area contributed by atoms with Gasteiger partial charge in [-0.25, -0.2) is 0 Å². The maximum Gasteiger partial charge on any atom is 0.257 e. The van der Waals surface area contributed by atoms with Gasteiger partial charge in [0.2, 0.25) is 5.91 Å². The molecule has 1 aromatic heterocycles. The van der Waals surface area contributed by atoms with Crippen molar-refractivity contribution in [1.82, 2.24) is 15.2 Å². The third kappa shape index (κ3) is 3.22. The van der Waals surface area contributed by atoms with Crippen molar-refractivity contribution in [3.63, 3.8) is 0 Å². The fourth-order valence-corrected chi connectivity index (χ4v) is 3.84. The first kappa shape index (κ1) is 15.9. The van der Waals surface area contributed by atoms with Crippen LogP contribution in [0.1, 0.15) is 24.2 Å². The molecule has 2 heterocycles. The van der Waals surface area contributed by atoms with Gasteiger partial charge >= 0.3 is 0 Å². The SMILES string of the molecule is CC(C)CNC(=O)C1CSCN1C(=O)c1c[nH]c2ccccc12. The number of amides is 2. The lowest BCUT2D eigenvalue weighted by Crippen LogP contribution is -2.47. The minimum atomic E-state index is -0.389. The number of fused-ring (bicyclic) bond motifs is 1. The van der Waals surface area contributed by atoms with Crippen LogP contribution in [-0.4, -0.2) is 45.9 Å². The second-order valence-corrected chi connectivity index (χ2v) is 7.18. The van der Waals surface area contributed by atoms with Crippen molar-refractivity contribution < 1.29 is 9.59 Å². The van der Waals surface area contributed by atoms with Crippen LogP contribution in [-0.2, 0) is 4.79 Å². The van der Waals surface area contributed by atoms with Crippen LogP contribution in [0.5, 0.6) is 0 Å². The number of carbonyl (C=O) groups excluding carboxylic acids is 2. The zero-order valence-electron chi connectivity index (χ0n) is 13.3. The quantitative estimate of drug-likeness (QED) is 0.904. The van der Waals surface area contributed by atoms with Crippen LogP contribution in [0.15, 0.2) is 30.5 Å². The maximum absolute atomic E-state index is 12.9. The van der Waals surface area contributed by atoms with Gasteiger partial charge in [0.15, 0.2) is 0 Å². The number of aromatic nitrogens is 1. The Morgan fingerprint density at radius 2 is 2.17 bits per heavy atom. The van der Waals surface area contributed by atoms with Crippen LogP contribution in [0, 0.1) is 5.92 Å². The van der Waals surface area contributed by atoms with Gasteiger partial charge in [0.05, 0.1) is 11.4 Å². The Kier molecular flexibility index (Phi) is 4.61. The fourth-order valence-electron chi connectivity index (χ4n) is 2.69. The van der Waals surface area contributed by atoms with E-state index in [4.69, 9.17) is 0 Å². The molecule has 0 aliphatic carbocycles. The summed E-state index contributed by atoms with van der Waals surface area (Å²) < 4.78 is 0. The number of H-pyrrole nitrogens is 1. The molecule has 1 unspecified atom stereocenters. The standard InChI is InChI=1S/C17H21N3O2S/c1-11(2)7-19-16(21)15-9-23-10-20(15)17(22)13-8-18-14-6-4-3-5-12(13)14/h3-6,8,11,15,18H,7,9-10H2,1-2H3,(H,19,21). The lowest BCUT2D eigenvalue weighted by atomic mass is 10.1. The van der Waals surface area contributed by atoms with E-state index in [1.54, 1.807) is 22.9 Å². The Morgan fingerprint density at radius 1 is 1.39 bits per heavy atom. The summed E-state index contributed by atoms with van der Waals surface area (Å²) in [5.74, 6) is 1.45. The summed E-state index contributed by atoms with van der Waals surface area (Å²) in [5.41, 5.74) is 1.56. The number of para-hydroxylation sites is 1. The van der Waals surface area contributed by atoms with Crippen LogP contribution in [0.4, 0.5) is 0 Å². The van der Waals surface area contributed by atoms with Crippen molar-refractivity contribution in [2.75, 3.05) is 18.2 Å². The predicted octanol–water partition coefficient (Wildman–Crippen LogP) is 2.46. The monoisotopic (exact) mass is 331 g/mol. The molecule has 1 aliphatic rings.